The number of phenols is 2. The molecule has 0 saturated carbocycles. The molecule has 0 aliphatic carbocycles. The van der Waals surface area contributed by atoms with Gasteiger partial charge in [0.05, 0.1) is 6.54 Å². The number of phenolic OH excluding ortho intramolecular Hbond substituents is 2. The number of aryl methyl sites for hydroxylation is 1. The van der Waals surface area contributed by atoms with Gasteiger partial charge in [0.25, 0.3) is 5.91 Å². The minimum atomic E-state index is -0.488. The van der Waals surface area contributed by atoms with Gasteiger partial charge in [-0.3, -0.25) is 4.79 Å². The first-order valence-corrected chi connectivity index (χ1v) is 6.29. The molecule has 94 valence electrons. The first kappa shape index (κ1) is 12.4. The van der Waals surface area contributed by atoms with Crippen LogP contribution < -0.4 is 5.32 Å². The summed E-state index contributed by atoms with van der Waals surface area (Å²) in [5.41, 5.74) is 1.02. The van der Waals surface area contributed by atoms with Crippen LogP contribution in [0.2, 0.25) is 0 Å². The normalized spacial score (nSPS) is 10.3. The summed E-state index contributed by atoms with van der Waals surface area (Å²) < 4.78 is 0. The maximum atomic E-state index is 11.9. The van der Waals surface area contributed by atoms with E-state index in [1.54, 1.807) is 11.3 Å². The maximum Gasteiger partial charge on any atom is 0.259 e. The highest BCUT2D eigenvalue weighted by Crippen LogP contribution is 2.26. The molecule has 1 amide bonds. The Balaban J connectivity index is 2.11. The zero-order valence-electron chi connectivity index (χ0n) is 9.80. The van der Waals surface area contributed by atoms with Crippen molar-refractivity contribution in [1.29, 1.82) is 0 Å². The lowest BCUT2D eigenvalue weighted by Gasteiger charge is -2.08. The van der Waals surface area contributed by atoms with Crippen molar-refractivity contribution in [1.82, 2.24) is 5.32 Å². The van der Waals surface area contributed by atoms with E-state index in [2.05, 4.69) is 5.32 Å². The number of thiophene rings is 1. The fraction of sp³-hybridized carbons (Fsp3) is 0.154. The first-order valence-electron chi connectivity index (χ1n) is 5.41. The molecule has 0 fully saturated rings. The number of nitrogens with one attached hydrogen (secondary N) is 1. The topological polar surface area (TPSA) is 69.6 Å². The number of hydrogen-bond acceptors (Lipinski definition) is 4. The van der Waals surface area contributed by atoms with Crippen molar-refractivity contribution in [3.8, 4) is 11.5 Å². The van der Waals surface area contributed by atoms with Crippen molar-refractivity contribution in [3.63, 3.8) is 0 Å². The molecular formula is C13H13NO3S. The van der Waals surface area contributed by atoms with Crippen LogP contribution in [0.5, 0.6) is 11.5 Å². The van der Waals surface area contributed by atoms with Crippen LogP contribution in [-0.4, -0.2) is 16.1 Å². The maximum absolute atomic E-state index is 11.9. The van der Waals surface area contributed by atoms with Gasteiger partial charge in [-0.25, -0.2) is 0 Å². The van der Waals surface area contributed by atoms with Gasteiger partial charge in [0, 0.05) is 4.88 Å². The number of benzene rings is 1. The molecule has 3 N–H and O–H groups in total. The molecule has 0 spiro atoms. The fourth-order valence-electron chi connectivity index (χ4n) is 1.60. The molecule has 4 nitrogen and oxygen atoms in total. The van der Waals surface area contributed by atoms with E-state index in [-0.39, 0.29) is 17.1 Å². The molecule has 2 rings (SSSR count). The van der Waals surface area contributed by atoms with Crippen LogP contribution in [0, 0.1) is 6.92 Å². The second-order valence-corrected chi connectivity index (χ2v) is 4.88. The first-order chi connectivity index (χ1) is 8.59. The largest absolute Gasteiger partial charge is 0.507 e. The molecule has 1 heterocycles. The zero-order valence-corrected chi connectivity index (χ0v) is 10.6. The lowest BCUT2D eigenvalue weighted by atomic mass is 10.1. The van der Waals surface area contributed by atoms with Crippen molar-refractivity contribution in [2.75, 3.05) is 0 Å². The van der Waals surface area contributed by atoms with E-state index >= 15 is 0 Å². The summed E-state index contributed by atoms with van der Waals surface area (Å²) in [4.78, 5) is 12.9. The van der Waals surface area contributed by atoms with Crippen molar-refractivity contribution >= 4 is 17.2 Å². The van der Waals surface area contributed by atoms with Crippen LogP contribution in [0.1, 0.15) is 20.8 Å². The molecule has 1 aromatic carbocycles. The van der Waals surface area contributed by atoms with E-state index in [0.29, 0.717) is 6.54 Å². The number of amides is 1. The van der Waals surface area contributed by atoms with Gasteiger partial charge in [0.2, 0.25) is 0 Å². The smallest absolute Gasteiger partial charge is 0.259 e. The van der Waals surface area contributed by atoms with E-state index in [9.17, 15) is 15.0 Å². The molecule has 0 radical (unpaired) electrons. The second kappa shape index (κ2) is 5.10. The van der Waals surface area contributed by atoms with Crippen molar-refractivity contribution < 1.29 is 15.0 Å². The lowest BCUT2D eigenvalue weighted by molar-refractivity contribution is 0.0946. The molecule has 5 heteroatoms. The molecule has 0 saturated heterocycles. The molecular weight excluding hydrogens is 250 g/mol. The third-order valence-electron chi connectivity index (χ3n) is 2.63. The van der Waals surface area contributed by atoms with Crippen molar-refractivity contribution in [2.24, 2.45) is 0 Å². The quantitative estimate of drug-likeness (QED) is 0.796. The predicted molar refractivity (Wildman–Crippen MR) is 70.0 cm³/mol. The van der Waals surface area contributed by atoms with Gasteiger partial charge in [-0.1, -0.05) is 6.07 Å². The summed E-state index contributed by atoms with van der Waals surface area (Å²) in [6, 6.07) is 6.19. The van der Waals surface area contributed by atoms with Gasteiger partial charge < -0.3 is 15.5 Å². The number of carbonyl (C=O) groups excluding carboxylic acids is 1. The minimum absolute atomic E-state index is 0.0910. The van der Waals surface area contributed by atoms with Crippen LogP contribution in [0.25, 0.3) is 0 Å². The van der Waals surface area contributed by atoms with Crippen molar-refractivity contribution in [3.05, 3.63) is 45.6 Å². The Morgan fingerprint density at radius 2 is 1.94 bits per heavy atom. The predicted octanol–water partition coefficient (Wildman–Crippen LogP) is 2.40. The molecule has 0 unspecified atom stereocenters. The summed E-state index contributed by atoms with van der Waals surface area (Å²) in [7, 11) is 0. The SMILES string of the molecule is Cc1ccsc1CNC(=O)c1c(O)cccc1O. The van der Waals surface area contributed by atoms with Gasteiger partial charge in [-0.2, -0.15) is 0 Å². The highest BCUT2D eigenvalue weighted by Gasteiger charge is 2.15. The Kier molecular flexibility index (Phi) is 3.53. The van der Waals surface area contributed by atoms with Crippen molar-refractivity contribution in [2.45, 2.75) is 13.5 Å². The van der Waals surface area contributed by atoms with Gasteiger partial charge in [0.1, 0.15) is 17.1 Å². The Labute approximate surface area is 109 Å². The van der Waals surface area contributed by atoms with E-state index < -0.39 is 5.91 Å². The molecule has 2 aromatic rings. The molecule has 0 atom stereocenters. The lowest BCUT2D eigenvalue weighted by Crippen LogP contribution is -2.22. The van der Waals surface area contributed by atoms with Gasteiger partial charge >= 0.3 is 0 Å². The molecule has 0 aliphatic rings. The van der Waals surface area contributed by atoms with E-state index in [0.717, 1.165) is 10.4 Å². The average molecular weight is 263 g/mol. The summed E-state index contributed by atoms with van der Waals surface area (Å²) in [5, 5.41) is 23.7. The van der Waals surface area contributed by atoms with Crippen LogP contribution in [0.4, 0.5) is 0 Å². The molecule has 1 aromatic heterocycles. The van der Waals surface area contributed by atoms with Crippen LogP contribution in [0.15, 0.2) is 29.6 Å². The third-order valence-corrected chi connectivity index (χ3v) is 3.65. The zero-order chi connectivity index (χ0) is 13.1. The summed E-state index contributed by atoms with van der Waals surface area (Å²) in [6.07, 6.45) is 0. The number of aromatic hydroxyl groups is 2. The van der Waals surface area contributed by atoms with Gasteiger partial charge in [0.15, 0.2) is 0 Å². The Hall–Kier alpha value is -2.01. The average Bonchev–Trinajstić information content (AvgIpc) is 2.72. The Bertz CT molecular complexity index is 557. The third kappa shape index (κ3) is 2.46. The molecule has 18 heavy (non-hydrogen) atoms. The number of carbonyl (C=O) groups is 1. The summed E-state index contributed by atoms with van der Waals surface area (Å²) in [6.45, 7) is 2.35. The van der Waals surface area contributed by atoms with Gasteiger partial charge in [-0.05, 0) is 36.1 Å². The second-order valence-electron chi connectivity index (χ2n) is 3.88. The fourth-order valence-corrected chi connectivity index (χ4v) is 2.44. The highest BCUT2D eigenvalue weighted by molar-refractivity contribution is 7.10. The number of rotatable bonds is 3. The minimum Gasteiger partial charge on any atom is -0.507 e. The summed E-state index contributed by atoms with van der Waals surface area (Å²) in [5.74, 6) is -0.941. The Morgan fingerprint density at radius 3 is 2.50 bits per heavy atom. The molecule has 0 bridgehead atoms. The highest BCUT2D eigenvalue weighted by atomic mass is 32.1. The standard InChI is InChI=1S/C13H13NO3S/c1-8-5-6-18-11(8)7-14-13(17)12-9(15)3-2-4-10(12)16/h2-6,15-16H,7H2,1H3,(H,14,17). The number of hydrogen-bond donors (Lipinski definition) is 3. The Morgan fingerprint density at radius 1 is 1.28 bits per heavy atom. The van der Waals surface area contributed by atoms with Crippen LogP contribution in [-0.2, 0) is 6.54 Å². The van der Waals surface area contributed by atoms with Crippen LogP contribution >= 0.6 is 11.3 Å². The molecule has 0 aliphatic heterocycles. The van der Waals surface area contributed by atoms with E-state index in [1.807, 2.05) is 18.4 Å². The van der Waals surface area contributed by atoms with Gasteiger partial charge in [-0.15, -0.1) is 11.3 Å². The van der Waals surface area contributed by atoms with E-state index in [1.165, 1.54) is 18.2 Å². The van der Waals surface area contributed by atoms with Crippen LogP contribution in [0.3, 0.4) is 0 Å². The van der Waals surface area contributed by atoms with E-state index in [4.69, 9.17) is 0 Å². The monoisotopic (exact) mass is 263 g/mol. The summed E-state index contributed by atoms with van der Waals surface area (Å²) >= 11 is 1.56.